The Balaban J connectivity index is 2.29. The molecule has 0 atom stereocenters. The lowest BCUT2D eigenvalue weighted by Crippen LogP contribution is -2.14. The molecule has 0 saturated carbocycles. The van der Waals surface area contributed by atoms with Crippen molar-refractivity contribution in [1.29, 1.82) is 0 Å². The summed E-state index contributed by atoms with van der Waals surface area (Å²) in [7, 11) is 3.49. The number of rotatable bonds is 3. The lowest BCUT2D eigenvalue weighted by Gasteiger charge is -2.11. The Morgan fingerprint density at radius 2 is 1.84 bits per heavy atom. The van der Waals surface area contributed by atoms with Crippen molar-refractivity contribution in [3.05, 3.63) is 35.1 Å². The standard InChI is InChI=1S/C11H10ClF2N5/c1-19(2)11-17-9(12)16-10(18-11)15-6-3-4-7(13)8(14)5-6/h3-5H,1-2H3,(H,15,16,17,18). The molecule has 0 aliphatic heterocycles. The quantitative estimate of drug-likeness (QED) is 0.939. The van der Waals surface area contributed by atoms with Gasteiger partial charge in [0, 0.05) is 25.8 Å². The first-order valence-electron chi connectivity index (χ1n) is 5.26. The SMILES string of the molecule is CN(C)c1nc(Cl)nc(Nc2ccc(F)c(F)c2)n1. The number of benzene rings is 1. The molecule has 2 aromatic rings. The molecular formula is C11H10ClF2N5. The molecule has 0 amide bonds. The predicted octanol–water partition coefficient (Wildman–Crippen LogP) is 2.61. The normalized spacial score (nSPS) is 10.4. The van der Waals surface area contributed by atoms with Crippen molar-refractivity contribution in [2.45, 2.75) is 0 Å². The zero-order valence-corrected chi connectivity index (χ0v) is 10.9. The van der Waals surface area contributed by atoms with Gasteiger partial charge >= 0.3 is 0 Å². The van der Waals surface area contributed by atoms with Crippen molar-refractivity contribution in [2.24, 2.45) is 0 Å². The molecule has 0 bridgehead atoms. The Kier molecular flexibility index (Phi) is 3.75. The van der Waals surface area contributed by atoms with E-state index in [0.717, 1.165) is 12.1 Å². The lowest BCUT2D eigenvalue weighted by molar-refractivity contribution is 0.509. The van der Waals surface area contributed by atoms with Crippen LogP contribution >= 0.6 is 11.6 Å². The molecule has 0 aliphatic rings. The number of nitrogens with zero attached hydrogens (tertiary/aromatic N) is 4. The lowest BCUT2D eigenvalue weighted by atomic mass is 10.3. The molecule has 1 N–H and O–H groups in total. The molecule has 8 heteroatoms. The maximum absolute atomic E-state index is 13.1. The summed E-state index contributed by atoms with van der Waals surface area (Å²) in [6.45, 7) is 0. The fourth-order valence-corrected chi connectivity index (χ4v) is 1.45. The highest BCUT2D eigenvalue weighted by atomic mass is 35.5. The van der Waals surface area contributed by atoms with Gasteiger partial charge in [0.2, 0.25) is 17.2 Å². The van der Waals surface area contributed by atoms with Gasteiger partial charge in [-0.05, 0) is 23.7 Å². The van der Waals surface area contributed by atoms with Crippen LogP contribution in [0.3, 0.4) is 0 Å². The van der Waals surface area contributed by atoms with Crippen LogP contribution in [-0.2, 0) is 0 Å². The van der Waals surface area contributed by atoms with Gasteiger partial charge in [0.15, 0.2) is 11.6 Å². The van der Waals surface area contributed by atoms with E-state index in [0.29, 0.717) is 11.6 Å². The van der Waals surface area contributed by atoms with E-state index in [2.05, 4.69) is 20.3 Å². The minimum absolute atomic E-state index is 0.00350. The van der Waals surface area contributed by atoms with E-state index in [9.17, 15) is 8.78 Å². The minimum Gasteiger partial charge on any atom is -0.347 e. The summed E-state index contributed by atoms with van der Waals surface area (Å²) < 4.78 is 25.9. The molecule has 0 unspecified atom stereocenters. The number of hydrogen-bond acceptors (Lipinski definition) is 5. The van der Waals surface area contributed by atoms with Gasteiger partial charge in [0.1, 0.15) is 0 Å². The monoisotopic (exact) mass is 285 g/mol. The second-order valence-electron chi connectivity index (χ2n) is 3.88. The summed E-state index contributed by atoms with van der Waals surface area (Å²) in [6.07, 6.45) is 0. The van der Waals surface area contributed by atoms with Crippen LogP contribution in [0.4, 0.5) is 26.4 Å². The van der Waals surface area contributed by atoms with Gasteiger partial charge in [-0.1, -0.05) is 0 Å². The molecule has 0 saturated heterocycles. The number of anilines is 3. The zero-order chi connectivity index (χ0) is 14.0. The zero-order valence-electron chi connectivity index (χ0n) is 10.2. The van der Waals surface area contributed by atoms with Gasteiger partial charge in [0.05, 0.1) is 0 Å². The van der Waals surface area contributed by atoms with E-state index in [4.69, 9.17) is 11.6 Å². The molecule has 1 aromatic heterocycles. The molecule has 1 aromatic carbocycles. The second-order valence-corrected chi connectivity index (χ2v) is 4.21. The summed E-state index contributed by atoms with van der Waals surface area (Å²) in [5.74, 6) is -1.38. The van der Waals surface area contributed by atoms with Crippen molar-refractivity contribution >= 4 is 29.2 Å². The smallest absolute Gasteiger partial charge is 0.233 e. The average molecular weight is 286 g/mol. The summed E-state index contributed by atoms with van der Waals surface area (Å²) >= 11 is 5.75. The van der Waals surface area contributed by atoms with Crippen LogP contribution in [0, 0.1) is 11.6 Å². The minimum atomic E-state index is -0.960. The van der Waals surface area contributed by atoms with Gasteiger partial charge in [-0.15, -0.1) is 0 Å². The van der Waals surface area contributed by atoms with Crippen molar-refractivity contribution in [3.8, 4) is 0 Å². The van der Waals surface area contributed by atoms with Gasteiger partial charge < -0.3 is 10.2 Å². The molecule has 0 spiro atoms. The number of hydrogen-bond donors (Lipinski definition) is 1. The fourth-order valence-electron chi connectivity index (χ4n) is 1.30. The summed E-state index contributed by atoms with van der Waals surface area (Å²) in [5, 5.41) is 2.73. The van der Waals surface area contributed by atoms with Gasteiger partial charge in [0.25, 0.3) is 0 Å². The van der Waals surface area contributed by atoms with E-state index >= 15 is 0 Å². The van der Waals surface area contributed by atoms with E-state index < -0.39 is 11.6 Å². The highest BCUT2D eigenvalue weighted by Gasteiger charge is 2.08. The van der Waals surface area contributed by atoms with Crippen LogP contribution in [-0.4, -0.2) is 29.0 Å². The van der Waals surface area contributed by atoms with E-state index in [1.54, 1.807) is 19.0 Å². The number of halogens is 3. The third-order valence-corrected chi connectivity index (χ3v) is 2.34. The van der Waals surface area contributed by atoms with Crippen LogP contribution in [0.15, 0.2) is 18.2 Å². The summed E-state index contributed by atoms with van der Waals surface area (Å²) in [4.78, 5) is 13.5. The Morgan fingerprint density at radius 3 is 2.47 bits per heavy atom. The van der Waals surface area contributed by atoms with Crippen LogP contribution in [0.5, 0.6) is 0 Å². The first-order chi connectivity index (χ1) is 8.95. The maximum atomic E-state index is 13.1. The molecule has 19 heavy (non-hydrogen) atoms. The van der Waals surface area contributed by atoms with Gasteiger partial charge in [-0.2, -0.15) is 15.0 Å². The first kappa shape index (κ1) is 13.4. The Morgan fingerprint density at radius 1 is 1.11 bits per heavy atom. The molecule has 100 valence electrons. The van der Waals surface area contributed by atoms with Crippen molar-refractivity contribution < 1.29 is 8.78 Å². The van der Waals surface area contributed by atoms with Crippen LogP contribution in [0.2, 0.25) is 5.28 Å². The molecule has 1 heterocycles. The van der Waals surface area contributed by atoms with Crippen LogP contribution < -0.4 is 10.2 Å². The fraction of sp³-hybridized carbons (Fsp3) is 0.182. The third-order valence-electron chi connectivity index (χ3n) is 2.17. The van der Waals surface area contributed by atoms with Crippen LogP contribution in [0.1, 0.15) is 0 Å². The Labute approximate surface area is 113 Å². The Bertz CT molecular complexity index is 606. The maximum Gasteiger partial charge on any atom is 0.233 e. The average Bonchev–Trinajstić information content (AvgIpc) is 2.33. The molecule has 2 rings (SSSR count). The number of nitrogens with one attached hydrogen (secondary N) is 1. The topological polar surface area (TPSA) is 53.9 Å². The van der Waals surface area contributed by atoms with Crippen LogP contribution in [0.25, 0.3) is 0 Å². The highest BCUT2D eigenvalue weighted by Crippen LogP contribution is 2.18. The first-order valence-corrected chi connectivity index (χ1v) is 5.64. The second kappa shape index (κ2) is 5.31. The van der Waals surface area contributed by atoms with Gasteiger partial charge in [-0.25, -0.2) is 8.78 Å². The van der Waals surface area contributed by atoms with E-state index in [1.165, 1.54) is 6.07 Å². The van der Waals surface area contributed by atoms with Crippen molar-refractivity contribution in [3.63, 3.8) is 0 Å². The molecular weight excluding hydrogens is 276 g/mol. The van der Waals surface area contributed by atoms with Crippen molar-refractivity contribution in [2.75, 3.05) is 24.3 Å². The largest absolute Gasteiger partial charge is 0.347 e. The van der Waals surface area contributed by atoms with E-state index in [1.807, 2.05) is 0 Å². The van der Waals surface area contributed by atoms with E-state index in [-0.39, 0.29) is 11.2 Å². The molecule has 0 fully saturated rings. The number of aromatic nitrogens is 3. The molecule has 5 nitrogen and oxygen atoms in total. The Hall–Kier alpha value is -2.02. The van der Waals surface area contributed by atoms with Crippen molar-refractivity contribution in [1.82, 2.24) is 15.0 Å². The summed E-state index contributed by atoms with van der Waals surface area (Å²) in [6, 6.07) is 3.38. The highest BCUT2D eigenvalue weighted by molar-refractivity contribution is 6.28. The molecule has 0 aliphatic carbocycles. The predicted molar refractivity (Wildman–Crippen MR) is 68.8 cm³/mol. The third kappa shape index (κ3) is 3.25. The summed E-state index contributed by atoms with van der Waals surface area (Å²) in [5.41, 5.74) is 0.311. The molecule has 0 radical (unpaired) electrons. The van der Waals surface area contributed by atoms with Gasteiger partial charge in [-0.3, -0.25) is 0 Å².